The Balaban J connectivity index is 1.56. The van der Waals surface area contributed by atoms with Crippen molar-refractivity contribution in [1.82, 2.24) is 14.8 Å². The summed E-state index contributed by atoms with van der Waals surface area (Å²) in [5.41, 5.74) is 2.09. The topological polar surface area (TPSA) is 92.5 Å². The zero-order chi connectivity index (χ0) is 23.4. The zero-order valence-corrected chi connectivity index (χ0v) is 18.3. The zero-order valence-electron chi connectivity index (χ0n) is 18.3. The predicted molar refractivity (Wildman–Crippen MR) is 123 cm³/mol. The van der Waals surface area contributed by atoms with E-state index in [9.17, 15) is 9.59 Å². The van der Waals surface area contributed by atoms with Crippen molar-refractivity contribution in [3.8, 4) is 17.2 Å². The van der Waals surface area contributed by atoms with Gasteiger partial charge in [-0.25, -0.2) is 9.67 Å². The number of aromatic nitrogens is 3. The van der Waals surface area contributed by atoms with Gasteiger partial charge in [-0.1, -0.05) is 18.2 Å². The molecule has 0 unspecified atom stereocenters. The van der Waals surface area contributed by atoms with Crippen LogP contribution in [0.25, 0.3) is 17.0 Å². The molecule has 0 aliphatic carbocycles. The summed E-state index contributed by atoms with van der Waals surface area (Å²) in [6, 6.07) is 13.7. The summed E-state index contributed by atoms with van der Waals surface area (Å²) in [4.78, 5) is 29.5. The van der Waals surface area contributed by atoms with E-state index in [0.29, 0.717) is 33.7 Å². The summed E-state index contributed by atoms with van der Waals surface area (Å²) in [5.74, 6) is 0.914. The first-order valence-electron chi connectivity index (χ1n) is 10.0. The third-order valence-corrected chi connectivity index (χ3v) is 5.05. The summed E-state index contributed by atoms with van der Waals surface area (Å²) in [7, 11) is 4.59. The Bertz CT molecular complexity index is 1340. The highest BCUT2D eigenvalue weighted by Crippen LogP contribution is 2.42. The average molecular weight is 443 g/mol. The number of fused-ring (bicyclic) bond motifs is 1. The van der Waals surface area contributed by atoms with Gasteiger partial charge in [-0.15, -0.1) is 0 Å². The van der Waals surface area contributed by atoms with E-state index in [2.05, 4.69) is 10.1 Å². The van der Waals surface area contributed by atoms with Crippen LogP contribution < -0.4 is 14.2 Å². The van der Waals surface area contributed by atoms with Crippen molar-refractivity contribution >= 4 is 28.7 Å². The summed E-state index contributed by atoms with van der Waals surface area (Å²) < 4.78 is 17.5. The quantitative estimate of drug-likeness (QED) is 0.314. The number of benzene rings is 2. The maximum absolute atomic E-state index is 12.7. The van der Waals surface area contributed by atoms with Crippen LogP contribution in [-0.4, -0.2) is 47.8 Å². The van der Waals surface area contributed by atoms with Crippen molar-refractivity contribution in [3.63, 3.8) is 0 Å². The molecular formula is C25H21N3O5. The van der Waals surface area contributed by atoms with E-state index in [0.717, 1.165) is 5.56 Å². The smallest absolute Gasteiger partial charge is 0.278 e. The first kappa shape index (κ1) is 21.8. The molecule has 0 fully saturated rings. The Hall–Kier alpha value is -4.46. The van der Waals surface area contributed by atoms with E-state index >= 15 is 0 Å². The molecule has 2 heterocycles. The molecule has 33 heavy (non-hydrogen) atoms. The molecule has 0 N–H and O–H groups in total. The second-order valence-corrected chi connectivity index (χ2v) is 6.98. The molecular weight excluding hydrogens is 422 g/mol. The molecule has 2 aromatic heterocycles. The van der Waals surface area contributed by atoms with Gasteiger partial charge < -0.3 is 14.2 Å². The number of carbonyl (C=O) groups is 2. The molecule has 0 atom stereocenters. The van der Waals surface area contributed by atoms with Gasteiger partial charge in [0.25, 0.3) is 5.91 Å². The maximum atomic E-state index is 12.7. The van der Waals surface area contributed by atoms with Crippen molar-refractivity contribution in [2.24, 2.45) is 0 Å². The molecule has 0 saturated heterocycles. The molecule has 4 rings (SSSR count). The van der Waals surface area contributed by atoms with Gasteiger partial charge in [-0.3, -0.25) is 9.59 Å². The Kier molecular flexibility index (Phi) is 6.17. The molecule has 0 spiro atoms. The number of hydrogen-bond donors (Lipinski definition) is 0. The molecule has 8 nitrogen and oxygen atoms in total. The third kappa shape index (κ3) is 4.31. The van der Waals surface area contributed by atoms with E-state index in [4.69, 9.17) is 14.2 Å². The molecule has 0 bridgehead atoms. The molecule has 8 heteroatoms. The SMILES string of the molecule is COc1cc2nc(C(=O)C=Cc3ccc(C(=O)n4cccn4)cc3)ccc2c(OC)c1OC. The minimum atomic E-state index is -0.262. The normalized spacial score (nSPS) is 11.0. The first-order chi connectivity index (χ1) is 16.0. The number of methoxy groups -OCH3 is 3. The van der Waals surface area contributed by atoms with E-state index in [1.54, 1.807) is 67.0 Å². The minimum Gasteiger partial charge on any atom is -0.493 e. The van der Waals surface area contributed by atoms with Gasteiger partial charge >= 0.3 is 0 Å². The van der Waals surface area contributed by atoms with Crippen LogP contribution in [0, 0.1) is 0 Å². The highest BCUT2D eigenvalue weighted by Gasteiger charge is 2.17. The molecule has 4 aromatic rings. The fourth-order valence-electron chi connectivity index (χ4n) is 3.40. The standard InChI is InChI=1S/C25H21N3O5/c1-31-22-15-20-18(23(32-2)24(22)33-3)10-11-19(27-20)21(29)12-7-16-5-8-17(9-6-16)25(30)28-14-4-13-26-28/h4-15H,1-3H3. The van der Waals surface area contributed by atoms with Crippen LogP contribution in [-0.2, 0) is 0 Å². The Morgan fingerprint density at radius 1 is 0.939 bits per heavy atom. The lowest BCUT2D eigenvalue weighted by atomic mass is 10.1. The number of nitrogens with zero attached hydrogens (tertiary/aromatic N) is 3. The maximum Gasteiger partial charge on any atom is 0.278 e. The minimum absolute atomic E-state index is 0.227. The highest BCUT2D eigenvalue weighted by molar-refractivity contribution is 6.07. The highest BCUT2D eigenvalue weighted by atomic mass is 16.5. The number of hydrogen-bond acceptors (Lipinski definition) is 7. The molecule has 0 aliphatic heterocycles. The van der Waals surface area contributed by atoms with Crippen LogP contribution in [0.15, 0.2) is 67.0 Å². The van der Waals surface area contributed by atoms with E-state index in [1.807, 2.05) is 0 Å². The van der Waals surface area contributed by atoms with Gasteiger partial charge in [-0.2, -0.15) is 5.10 Å². The number of ketones is 1. The lowest BCUT2D eigenvalue weighted by Crippen LogP contribution is -2.12. The number of allylic oxidation sites excluding steroid dienone is 1. The molecule has 166 valence electrons. The molecule has 0 amide bonds. The van der Waals surface area contributed by atoms with Crippen LogP contribution in [0.2, 0.25) is 0 Å². The largest absolute Gasteiger partial charge is 0.493 e. The monoisotopic (exact) mass is 443 g/mol. The van der Waals surface area contributed by atoms with Crippen LogP contribution >= 0.6 is 0 Å². The fourth-order valence-corrected chi connectivity index (χ4v) is 3.40. The van der Waals surface area contributed by atoms with Crippen molar-refractivity contribution in [1.29, 1.82) is 0 Å². The van der Waals surface area contributed by atoms with Crippen LogP contribution in [0.3, 0.4) is 0 Å². The predicted octanol–water partition coefficient (Wildman–Crippen LogP) is 4.04. The van der Waals surface area contributed by atoms with E-state index < -0.39 is 0 Å². The summed E-state index contributed by atoms with van der Waals surface area (Å²) in [5, 5.41) is 4.64. The number of rotatable bonds is 7. The van der Waals surface area contributed by atoms with Gasteiger partial charge in [0.2, 0.25) is 11.5 Å². The molecule has 0 radical (unpaired) electrons. The Labute approximate surface area is 190 Å². The molecule has 0 saturated carbocycles. The van der Waals surface area contributed by atoms with Crippen LogP contribution in [0.1, 0.15) is 26.4 Å². The van der Waals surface area contributed by atoms with Gasteiger partial charge in [0, 0.05) is 29.4 Å². The van der Waals surface area contributed by atoms with Crippen LogP contribution in [0.5, 0.6) is 17.2 Å². The van der Waals surface area contributed by atoms with Crippen molar-refractivity contribution in [2.75, 3.05) is 21.3 Å². The lowest BCUT2D eigenvalue weighted by molar-refractivity contribution is 0.0944. The van der Waals surface area contributed by atoms with E-state index in [-0.39, 0.29) is 17.4 Å². The lowest BCUT2D eigenvalue weighted by Gasteiger charge is -2.14. The van der Waals surface area contributed by atoms with Gasteiger partial charge in [0.1, 0.15) is 5.69 Å². The molecule has 2 aromatic carbocycles. The van der Waals surface area contributed by atoms with Crippen LogP contribution in [0.4, 0.5) is 0 Å². The van der Waals surface area contributed by atoms with Gasteiger partial charge in [0.05, 0.1) is 26.8 Å². The summed E-state index contributed by atoms with van der Waals surface area (Å²) >= 11 is 0. The first-order valence-corrected chi connectivity index (χ1v) is 10.0. The second kappa shape index (κ2) is 9.35. The Morgan fingerprint density at radius 2 is 1.70 bits per heavy atom. The van der Waals surface area contributed by atoms with Crippen molar-refractivity contribution in [3.05, 3.63) is 83.8 Å². The van der Waals surface area contributed by atoms with E-state index in [1.165, 1.54) is 32.1 Å². The summed E-state index contributed by atoms with van der Waals surface area (Å²) in [6.07, 6.45) is 6.25. The number of ether oxygens (including phenoxy) is 3. The van der Waals surface area contributed by atoms with Gasteiger partial charge in [-0.05, 0) is 42.0 Å². The Morgan fingerprint density at radius 3 is 2.33 bits per heavy atom. The third-order valence-electron chi connectivity index (χ3n) is 5.05. The van der Waals surface area contributed by atoms with Crippen molar-refractivity contribution < 1.29 is 23.8 Å². The molecule has 0 aliphatic rings. The number of pyridine rings is 1. The fraction of sp³-hybridized carbons (Fsp3) is 0.120. The second-order valence-electron chi connectivity index (χ2n) is 6.98. The van der Waals surface area contributed by atoms with Gasteiger partial charge in [0.15, 0.2) is 11.5 Å². The van der Waals surface area contributed by atoms with Crippen molar-refractivity contribution in [2.45, 2.75) is 0 Å². The average Bonchev–Trinajstić information content (AvgIpc) is 3.40. The number of carbonyl (C=O) groups excluding carboxylic acids is 2. The summed E-state index contributed by atoms with van der Waals surface area (Å²) in [6.45, 7) is 0.